The van der Waals surface area contributed by atoms with E-state index in [4.69, 9.17) is 4.74 Å². The monoisotopic (exact) mass is 365 g/mol. The van der Waals surface area contributed by atoms with E-state index in [0.717, 1.165) is 29.5 Å². The summed E-state index contributed by atoms with van der Waals surface area (Å²) in [5, 5.41) is 2.81. The number of nitrogens with one attached hydrogen (secondary N) is 1. The summed E-state index contributed by atoms with van der Waals surface area (Å²) in [7, 11) is 0. The molecular formula is C18H18F3N3O2. The normalized spacial score (nSPS) is 14.7. The molecule has 26 heavy (non-hydrogen) atoms. The third kappa shape index (κ3) is 4.25. The minimum absolute atomic E-state index is 0.0980. The molecule has 0 aliphatic carbocycles. The zero-order valence-electron chi connectivity index (χ0n) is 14.3. The third-order valence-corrected chi connectivity index (χ3v) is 3.96. The van der Waals surface area contributed by atoms with Gasteiger partial charge in [0.2, 0.25) is 5.88 Å². The predicted molar refractivity (Wildman–Crippen MR) is 90.2 cm³/mol. The molecule has 1 N–H and O–H groups in total. The molecule has 1 aromatic carbocycles. The molecule has 3 rings (SSSR count). The van der Waals surface area contributed by atoms with Crippen LogP contribution in [0.4, 0.5) is 23.7 Å². The highest BCUT2D eigenvalue weighted by Crippen LogP contribution is 2.31. The maximum absolute atomic E-state index is 12.7. The van der Waals surface area contributed by atoms with Crippen LogP contribution in [0, 0.1) is 13.8 Å². The molecular weight excluding hydrogens is 347 g/mol. The fourth-order valence-electron chi connectivity index (χ4n) is 2.75. The Balaban J connectivity index is 1.53. The number of aryl methyl sites for hydroxylation is 2. The molecule has 0 saturated carbocycles. The second-order valence-corrected chi connectivity index (χ2v) is 6.33. The number of alkyl halides is 3. The van der Waals surface area contributed by atoms with Crippen molar-refractivity contribution in [1.29, 1.82) is 0 Å². The third-order valence-electron chi connectivity index (χ3n) is 3.96. The van der Waals surface area contributed by atoms with Crippen LogP contribution >= 0.6 is 0 Å². The van der Waals surface area contributed by atoms with Crippen molar-refractivity contribution in [3.05, 3.63) is 53.2 Å². The second kappa shape index (κ2) is 6.86. The lowest BCUT2D eigenvalue weighted by atomic mass is 10.1. The molecule has 1 saturated heterocycles. The van der Waals surface area contributed by atoms with Crippen molar-refractivity contribution < 1.29 is 22.7 Å². The van der Waals surface area contributed by atoms with Gasteiger partial charge in [0, 0.05) is 18.0 Å². The number of carbonyl (C=O) groups excluding carboxylic acids is 1. The number of benzene rings is 1. The minimum Gasteiger partial charge on any atom is -0.471 e. The van der Waals surface area contributed by atoms with Gasteiger partial charge < -0.3 is 15.0 Å². The van der Waals surface area contributed by atoms with E-state index in [2.05, 4.69) is 10.3 Å². The van der Waals surface area contributed by atoms with Crippen LogP contribution in [0.2, 0.25) is 0 Å². The zero-order valence-corrected chi connectivity index (χ0v) is 14.3. The van der Waals surface area contributed by atoms with Crippen molar-refractivity contribution in [2.75, 3.05) is 18.4 Å². The highest BCUT2D eigenvalue weighted by atomic mass is 19.4. The standard InChI is InChI=1S/C18H18F3N3O2/c1-11-5-12(2)7-14(6-11)23-17(25)24-9-15(10-24)26-16-8-13(3-4-22-16)18(19,20)21/h3-8,15H,9-10H2,1-2H3,(H,23,25). The summed E-state index contributed by atoms with van der Waals surface area (Å²) in [6.45, 7) is 4.46. The van der Waals surface area contributed by atoms with E-state index in [1.165, 1.54) is 4.90 Å². The Labute approximate surface area is 148 Å². The molecule has 5 nitrogen and oxygen atoms in total. The number of likely N-dealkylation sites (tertiary alicyclic amines) is 1. The molecule has 1 aromatic heterocycles. The van der Waals surface area contributed by atoms with E-state index >= 15 is 0 Å². The number of aromatic nitrogens is 1. The van der Waals surface area contributed by atoms with Gasteiger partial charge in [-0.3, -0.25) is 0 Å². The van der Waals surface area contributed by atoms with E-state index in [1.807, 2.05) is 32.0 Å². The SMILES string of the molecule is Cc1cc(C)cc(NC(=O)N2CC(Oc3cc(C(F)(F)F)ccn3)C2)c1. The van der Waals surface area contributed by atoms with Gasteiger partial charge in [-0.2, -0.15) is 13.2 Å². The molecule has 0 unspecified atom stereocenters. The molecule has 1 aliphatic heterocycles. The van der Waals surface area contributed by atoms with E-state index in [1.54, 1.807) is 0 Å². The second-order valence-electron chi connectivity index (χ2n) is 6.33. The van der Waals surface area contributed by atoms with Gasteiger partial charge in [0.15, 0.2) is 0 Å². The summed E-state index contributed by atoms with van der Waals surface area (Å²) in [5.41, 5.74) is 1.98. The Morgan fingerprint density at radius 1 is 1.19 bits per heavy atom. The quantitative estimate of drug-likeness (QED) is 0.894. The van der Waals surface area contributed by atoms with Crippen molar-refractivity contribution in [2.24, 2.45) is 0 Å². The van der Waals surface area contributed by atoms with E-state index in [9.17, 15) is 18.0 Å². The van der Waals surface area contributed by atoms with Gasteiger partial charge in [0.25, 0.3) is 0 Å². The number of carbonyl (C=O) groups is 1. The number of urea groups is 1. The van der Waals surface area contributed by atoms with Gasteiger partial charge in [-0.25, -0.2) is 9.78 Å². The van der Waals surface area contributed by atoms with Gasteiger partial charge >= 0.3 is 12.2 Å². The molecule has 1 aliphatic rings. The lowest BCUT2D eigenvalue weighted by molar-refractivity contribution is -0.137. The average Bonchev–Trinajstić information content (AvgIpc) is 2.48. The number of hydrogen-bond acceptors (Lipinski definition) is 3. The van der Waals surface area contributed by atoms with E-state index in [0.29, 0.717) is 5.69 Å². The lowest BCUT2D eigenvalue weighted by Crippen LogP contribution is -2.57. The summed E-state index contributed by atoms with van der Waals surface area (Å²) >= 11 is 0. The highest BCUT2D eigenvalue weighted by molar-refractivity contribution is 5.90. The predicted octanol–water partition coefficient (Wildman–Crippen LogP) is 4.01. The summed E-state index contributed by atoms with van der Waals surface area (Å²) in [4.78, 5) is 17.5. The molecule has 2 amide bonds. The molecule has 2 heterocycles. The van der Waals surface area contributed by atoms with Crippen LogP contribution in [0.15, 0.2) is 36.5 Å². The number of nitrogens with zero attached hydrogens (tertiary/aromatic N) is 2. The Morgan fingerprint density at radius 3 is 2.46 bits per heavy atom. The molecule has 2 aromatic rings. The van der Waals surface area contributed by atoms with Crippen molar-refractivity contribution in [2.45, 2.75) is 26.1 Å². The fraction of sp³-hybridized carbons (Fsp3) is 0.333. The number of hydrogen-bond donors (Lipinski definition) is 1. The number of anilines is 1. The van der Waals surface area contributed by atoms with Crippen molar-refractivity contribution >= 4 is 11.7 Å². The van der Waals surface area contributed by atoms with Crippen LogP contribution in [-0.4, -0.2) is 35.1 Å². The van der Waals surface area contributed by atoms with Crippen molar-refractivity contribution in [3.63, 3.8) is 0 Å². The van der Waals surface area contributed by atoms with Gasteiger partial charge in [0.05, 0.1) is 18.7 Å². The molecule has 138 valence electrons. The summed E-state index contributed by atoms with van der Waals surface area (Å²) in [5.74, 6) is -0.0980. The zero-order chi connectivity index (χ0) is 18.9. The molecule has 0 radical (unpaired) electrons. The first kappa shape index (κ1) is 18.0. The molecule has 0 bridgehead atoms. The molecule has 8 heteroatoms. The van der Waals surface area contributed by atoms with E-state index in [-0.39, 0.29) is 31.1 Å². The average molecular weight is 365 g/mol. The minimum atomic E-state index is -4.45. The number of ether oxygens (including phenoxy) is 1. The van der Waals surface area contributed by atoms with Crippen LogP contribution in [0.1, 0.15) is 16.7 Å². The van der Waals surface area contributed by atoms with Crippen LogP contribution in [0.25, 0.3) is 0 Å². The maximum atomic E-state index is 12.7. The molecule has 0 atom stereocenters. The Morgan fingerprint density at radius 2 is 1.85 bits per heavy atom. The smallest absolute Gasteiger partial charge is 0.416 e. The van der Waals surface area contributed by atoms with Crippen molar-refractivity contribution in [3.8, 4) is 5.88 Å². The first-order valence-corrected chi connectivity index (χ1v) is 8.05. The highest BCUT2D eigenvalue weighted by Gasteiger charge is 2.34. The Bertz CT molecular complexity index is 797. The first-order valence-electron chi connectivity index (χ1n) is 8.05. The summed E-state index contributed by atoms with van der Waals surface area (Å²) in [6, 6.07) is 7.21. The van der Waals surface area contributed by atoms with Crippen LogP contribution in [0.5, 0.6) is 5.88 Å². The number of pyridine rings is 1. The topological polar surface area (TPSA) is 54.5 Å². The Hall–Kier alpha value is -2.77. The van der Waals surface area contributed by atoms with Gasteiger partial charge in [-0.15, -0.1) is 0 Å². The molecule has 1 fully saturated rings. The Kier molecular flexibility index (Phi) is 4.76. The van der Waals surface area contributed by atoms with Gasteiger partial charge in [-0.1, -0.05) is 6.07 Å². The summed E-state index contributed by atoms with van der Waals surface area (Å²) < 4.78 is 43.5. The maximum Gasteiger partial charge on any atom is 0.416 e. The van der Waals surface area contributed by atoms with Gasteiger partial charge in [0.1, 0.15) is 6.10 Å². The van der Waals surface area contributed by atoms with Crippen LogP contribution in [0.3, 0.4) is 0 Å². The van der Waals surface area contributed by atoms with Crippen LogP contribution < -0.4 is 10.1 Å². The lowest BCUT2D eigenvalue weighted by Gasteiger charge is -2.38. The largest absolute Gasteiger partial charge is 0.471 e. The van der Waals surface area contributed by atoms with Crippen LogP contribution in [-0.2, 0) is 6.18 Å². The fourth-order valence-corrected chi connectivity index (χ4v) is 2.75. The summed E-state index contributed by atoms with van der Waals surface area (Å²) in [6.07, 6.45) is -3.77. The van der Waals surface area contributed by atoms with Crippen molar-refractivity contribution in [1.82, 2.24) is 9.88 Å². The number of amides is 2. The molecule has 0 spiro atoms. The number of halogens is 3. The van der Waals surface area contributed by atoms with Gasteiger partial charge in [-0.05, 0) is 43.2 Å². The van der Waals surface area contributed by atoms with E-state index < -0.39 is 11.7 Å². The first-order chi connectivity index (χ1) is 12.2. The number of rotatable bonds is 3.